The van der Waals surface area contributed by atoms with E-state index in [4.69, 9.17) is 0 Å². The van der Waals surface area contributed by atoms with Crippen LogP contribution in [0.2, 0.25) is 0 Å². The number of nitrogens with zero attached hydrogens (tertiary/aromatic N) is 3. The zero-order chi connectivity index (χ0) is 7.52. The molecule has 2 rings (SSSR count). The summed E-state index contributed by atoms with van der Waals surface area (Å²) in [6.45, 7) is 0. The van der Waals surface area contributed by atoms with E-state index in [-0.39, 0.29) is 0 Å². The molecule has 0 aromatic carbocycles. The fourth-order valence-electron chi connectivity index (χ4n) is 0.870. The largest absolute Gasteiger partial charge is 0.285 e. The molecule has 4 nitrogen and oxygen atoms in total. The van der Waals surface area contributed by atoms with E-state index in [0.717, 1.165) is 11.1 Å². The van der Waals surface area contributed by atoms with Crippen molar-refractivity contribution in [3.05, 3.63) is 30.9 Å². The van der Waals surface area contributed by atoms with Gasteiger partial charge in [-0.1, -0.05) is 0 Å². The molecule has 0 aliphatic rings. The molecule has 0 aliphatic heterocycles. The molecule has 11 heavy (non-hydrogen) atoms. The van der Waals surface area contributed by atoms with Crippen LogP contribution < -0.4 is 0 Å². The molecular formula is C7H6N4. The Bertz CT molecular complexity index is 313. The Morgan fingerprint density at radius 3 is 2.73 bits per heavy atom. The van der Waals surface area contributed by atoms with Crippen molar-refractivity contribution in [2.45, 2.75) is 0 Å². The third-order valence-corrected chi connectivity index (χ3v) is 1.42. The predicted octanol–water partition coefficient (Wildman–Crippen LogP) is 0.867. The maximum Gasteiger partial charge on any atom is 0.0575 e. The van der Waals surface area contributed by atoms with Gasteiger partial charge in [-0.3, -0.25) is 5.10 Å². The number of rotatable bonds is 1. The minimum atomic E-state index is 1.02. The second-order valence-corrected chi connectivity index (χ2v) is 2.12. The average Bonchev–Trinajstić information content (AvgIpc) is 2.58. The van der Waals surface area contributed by atoms with E-state index in [1.807, 2.05) is 12.3 Å². The lowest BCUT2D eigenvalue weighted by molar-refractivity contribution is 1.03. The smallest absolute Gasteiger partial charge is 0.0575 e. The molecule has 0 amide bonds. The van der Waals surface area contributed by atoms with Crippen molar-refractivity contribution < 1.29 is 0 Å². The number of aromatic amines is 1. The van der Waals surface area contributed by atoms with Gasteiger partial charge in [0.05, 0.1) is 18.6 Å². The topological polar surface area (TPSA) is 54.5 Å². The first-order valence-electron chi connectivity index (χ1n) is 3.22. The van der Waals surface area contributed by atoms with Crippen molar-refractivity contribution in [2.24, 2.45) is 0 Å². The van der Waals surface area contributed by atoms with Gasteiger partial charge in [0.1, 0.15) is 0 Å². The Labute approximate surface area is 63.3 Å². The molecule has 0 fully saturated rings. The number of aromatic nitrogens is 4. The molecule has 4 heteroatoms. The van der Waals surface area contributed by atoms with Crippen LogP contribution in [0.3, 0.4) is 0 Å². The molecule has 1 N–H and O–H groups in total. The van der Waals surface area contributed by atoms with Crippen molar-refractivity contribution >= 4 is 0 Å². The van der Waals surface area contributed by atoms with Crippen LogP contribution in [0.25, 0.3) is 11.1 Å². The molecule has 0 bridgehead atoms. The lowest BCUT2D eigenvalue weighted by Crippen LogP contribution is -1.79. The van der Waals surface area contributed by atoms with Gasteiger partial charge < -0.3 is 0 Å². The lowest BCUT2D eigenvalue weighted by atomic mass is 10.2. The molecular weight excluding hydrogens is 140 g/mol. The summed E-state index contributed by atoms with van der Waals surface area (Å²) in [7, 11) is 0. The minimum Gasteiger partial charge on any atom is -0.285 e. The Balaban J connectivity index is 2.46. The SMILES string of the molecule is c1cc(-c2cn[nH]c2)cnn1. The van der Waals surface area contributed by atoms with Crippen molar-refractivity contribution in [1.29, 1.82) is 0 Å². The molecule has 0 atom stereocenters. The molecule has 2 heterocycles. The maximum absolute atomic E-state index is 3.83. The highest BCUT2D eigenvalue weighted by Crippen LogP contribution is 2.13. The normalized spacial score (nSPS) is 9.82. The van der Waals surface area contributed by atoms with E-state index >= 15 is 0 Å². The van der Waals surface area contributed by atoms with Gasteiger partial charge in [-0.15, -0.1) is 0 Å². The zero-order valence-corrected chi connectivity index (χ0v) is 5.73. The first-order chi connectivity index (χ1) is 5.47. The quantitative estimate of drug-likeness (QED) is 0.649. The van der Waals surface area contributed by atoms with Gasteiger partial charge >= 0.3 is 0 Å². The fraction of sp³-hybridized carbons (Fsp3) is 0. The highest BCUT2D eigenvalue weighted by molar-refractivity contribution is 5.59. The number of H-pyrrole nitrogens is 1. The van der Waals surface area contributed by atoms with Gasteiger partial charge in [0.25, 0.3) is 0 Å². The van der Waals surface area contributed by atoms with Crippen LogP contribution in [0.1, 0.15) is 0 Å². The summed E-state index contributed by atoms with van der Waals surface area (Å²) in [5.74, 6) is 0. The van der Waals surface area contributed by atoms with Crippen molar-refractivity contribution in [3.63, 3.8) is 0 Å². The highest BCUT2D eigenvalue weighted by Gasteiger charge is 1.95. The summed E-state index contributed by atoms with van der Waals surface area (Å²) in [4.78, 5) is 0. The van der Waals surface area contributed by atoms with Crippen LogP contribution in [0.15, 0.2) is 30.9 Å². The van der Waals surface area contributed by atoms with Gasteiger partial charge in [-0.25, -0.2) is 0 Å². The number of hydrogen-bond donors (Lipinski definition) is 1. The van der Waals surface area contributed by atoms with Gasteiger partial charge in [0.15, 0.2) is 0 Å². The van der Waals surface area contributed by atoms with Gasteiger partial charge in [0, 0.05) is 17.3 Å². The summed E-state index contributed by atoms with van der Waals surface area (Å²) in [6, 6.07) is 1.89. The standard InChI is InChI=1S/C7H6N4/c1-2-8-9-3-6(1)7-4-10-11-5-7/h1-5H,(H,10,11). The monoisotopic (exact) mass is 146 g/mol. The van der Waals surface area contributed by atoms with Crippen LogP contribution in [-0.4, -0.2) is 20.4 Å². The molecule has 0 radical (unpaired) electrons. The molecule has 2 aromatic rings. The van der Waals surface area contributed by atoms with Crippen LogP contribution in [-0.2, 0) is 0 Å². The van der Waals surface area contributed by atoms with Gasteiger partial charge in [-0.05, 0) is 6.07 Å². The van der Waals surface area contributed by atoms with Crippen molar-refractivity contribution in [1.82, 2.24) is 20.4 Å². The van der Waals surface area contributed by atoms with E-state index in [1.165, 1.54) is 0 Å². The molecule has 0 aliphatic carbocycles. The van der Waals surface area contributed by atoms with Crippen molar-refractivity contribution in [2.75, 3.05) is 0 Å². The van der Waals surface area contributed by atoms with Crippen molar-refractivity contribution in [3.8, 4) is 11.1 Å². The molecule has 54 valence electrons. The molecule has 0 saturated heterocycles. The van der Waals surface area contributed by atoms with E-state index in [0.29, 0.717) is 0 Å². The molecule has 0 spiro atoms. The minimum absolute atomic E-state index is 1.02. The summed E-state index contributed by atoms with van der Waals surface area (Å²) >= 11 is 0. The Kier molecular flexibility index (Phi) is 1.37. The predicted molar refractivity (Wildman–Crippen MR) is 39.6 cm³/mol. The Hall–Kier alpha value is -1.71. The average molecular weight is 146 g/mol. The zero-order valence-electron chi connectivity index (χ0n) is 5.73. The third kappa shape index (κ3) is 1.10. The molecule has 2 aromatic heterocycles. The Morgan fingerprint density at radius 1 is 1.09 bits per heavy atom. The highest BCUT2D eigenvalue weighted by atomic mass is 15.1. The summed E-state index contributed by atoms with van der Waals surface area (Å²) in [5.41, 5.74) is 2.05. The first kappa shape index (κ1) is 6.03. The number of hydrogen-bond acceptors (Lipinski definition) is 3. The summed E-state index contributed by atoms with van der Waals surface area (Å²) < 4.78 is 0. The van der Waals surface area contributed by atoms with Crippen LogP contribution in [0.5, 0.6) is 0 Å². The van der Waals surface area contributed by atoms with Crippen LogP contribution in [0, 0.1) is 0 Å². The third-order valence-electron chi connectivity index (χ3n) is 1.42. The molecule has 0 unspecified atom stereocenters. The second-order valence-electron chi connectivity index (χ2n) is 2.12. The molecule has 0 saturated carbocycles. The van der Waals surface area contributed by atoms with Gasteiger partial charge in [0.2, 0.25) is 0 Å². The van der Waals surface area contributed by atoms with E-state index in [2.05, 4.69) is 20.4 Å². The lowest BCUT2D eigenvalue weighted by Gasteiger charge is -1.90. The Morgan fingerprint density at radius 2 is 2.09 bits per heavy atom. The van der Waals surface area contributed by atoms with E-state index in [9.17, 15) is 0 Å². The summed E-state index contributed by atoms with van der Waals surface area (Å²) in [5, 5.41) is 14.0. The second kappa shape index (κ2) is 2.49. The van der Waals surface area contributed by atoms with Crippen LogP contribution in [0.4, 0.5) is 0 Å². The maximum atomic E-state index is 3.83. The van der Waals surface area contributed by atoms with E-state index in [1.54, 1.807) is 18.6 Å². The fourth-order valence-corrected chi connectivity index (χ4v) is 0.870. The summed E-state index contributed by atoms with van der Waals surface area (Å²) in [6.07, 6.45) is 6.92. The van der Waals surface area contributed by atoms with Crippen LogP contribution >= 0.6 is 0 Å². The first-order valence-corrected chi connectivity index (χ1v) is 3.22. The van der Waals surface area contributed by atoms with E-state index < -0.39 is 0 Å². The van der Waals surface area contributed by atoms with Gasteiger partial charge in [-0.2, -0.15) is 15.3 Å². The number of nitrogens with one attached hydrogen (secondary N) is 1.